The standard InChI is InChI=1S/C78H133NO10/c1-4-7-10-13-16-19-22-25-27-29-31-33-34-35-36-37-38-39-41-43-45-48-51-54-57-60-63-66-73(83)89-76-75(85)74(84)72(67-80)88-78(76)87-68-69(70(81)64-61-58-55-52-49-46-24-21-18-15-12-9-6-3)79-77(86)71(82)65-62-59-56-53-50-47-44-42-40-32-30-28-26-23-20-17-14-11-8-5-2/h8,11,16-17,19-20,25-28,31-33,35-36,40,44,47,61,64,69-72,74-76,78,80-82,84-85H,4-7,9-10,12-15,18,21-24,29-30,34,37-39,41-43,45-46,48-60,62-63,65-68H2,1-3H3,(H,79,86)/b11-8-,19-16-,20-17-,27-25-,28-26-,33-31-,36-35-,40-32-,47-44-,64-61+. The molecular weight excluding hydrogens is 1110 g/mol. The summed E-state index contributed by atoms with van der Waals surface area (Å²) in [6.45, 7) is 5.66. The Bertz CT molecular complexity index is 1920. The summed E-state index contributed by atoms with van der Waals surface area (Å²) in [4.78, 5) is 26.7. The van der Waals surface area contributed by atoms with Crippen LogP contribution >= 0.6 is 0 Å². The van der Waals surface area contributed by atoms with Crippen molar-refractivity contribution in [2.24, 2.45) is 0 Å². The third-order valence-corrected chi connectivity index (χ3v) is 16.3. The molecule has 11 heteroatoms. The highest BCUT2D eigenvalue weighted by Gasteiger charge is 2.47. The van der Waals surface area contributed by atoms with Gasteiger partial charge >= 0.3 is 5.97 Å². The molecule has 0 aliphatic carbocycles. The first-order chi connectivity index (χ1) is 43.7. The van der Waals surface area contributed by atoms with Gasteiger partial charge in [-0.3, -0.25) is 9.59 Å². The van der Waals surface area contributed by atoms with Crippen LogP contribution in [0.5, 0.6) is 0 Å². The Labute approximate surface area is 544 Å². The molecule has 1 rings (SSSR count). The number of rotatable bonds is 61. The van der Waals surface area contributed by atoms with E-state index in [9.17, 15) is 35.1 Å². The fourth-order valence-corrected chi connectivity index (χ4v) is 10.7. The summed E-state index contributed by atoms with van der Waals surface area (Å²) in [5.41, 5.74) is 0. The number of carbonyl (C=O) groups excluding carboxylic acids is 2. The number of carbonyl (C=O) groups is 2. The topological polar surface area (TPSA) is 175 Å². The average Bonchev–Trinajstić information content (AvgIpc) is 3.14. The maximum Gasteiger partial charge on any atom is 0.306 e. The zero-order valence-electron chi connectivity index (χ0n) is 56.8. The van der Waals surface area contributed by atoms with Crippen molar-refractivity contribution >= 4 is 11.9 Å². The molecule has 0 spiro atoms. The number of unbranched alkanes of at least 4 members (excludes halogenated alkanes) is 29. The first-order valence-corrected chi connectivity index (χ1v) is 36.3. The predicted octanol–water partition coefficient (Wildman–Crippen LogP) is 19.0. The van der Waals surface area contributed by atoms with Crippen molar-refractivity contribution in [3.05, 3.63) is 122 Å². The van der Waals surface area contributed by atoms with E-state index >= 15 is 0 Å². The summed E-state index contributed by atoms with van der Waals surface area (Å²) in [5.74, 6) is -1.22. The van der Waals surface area contributed by atoms with E-state index in [4.69, 9.17) is 14.2 Å². The van der Waals surface area contributed by atoms with Gasteiger partial charge in [0.05, 0.1) is 25.4 Å². The van der Waals surface area contributed by atoms with Crippen molar-refractivity contribution in [1.29, 1.82) is 0 Å². The molecule has 0 aromatic rings. The number of aliphatic hydroxyl groups is 5. The largest absolute Gasteiger partial charge is 0.454 e. The van der Waals surface area contributed by atoms with Gasteiger partial charge in [-0.25, -0.2) is 0 Å². The molecule has 0 bridgehead atoms. The van der Waals surface area contributed by atoms with E-state index in [0.717, 1.165) is 122 Å². The number of aliphatic hydroxyl groups excluding tert-OH is 5. The first kappa shape index (κ1) is 83.1. The molecule has 510 valence electrons. The first-order valence-electron chi connectivity index (χ1n) is 36.3. The number of amides is 1. The summed E-state index contributed by atoms with van der Waals surface area (Å²) < 4.78 is 17.7. The van der Waals surface area contributed by atoms with Crippen molar-refractivity contribution in [2.45, 2.75) is 346 Å². The number of nitrogens with one attached hydrogen (secondary N) is 1. The van der Waals surface area contributed by atoms with E-state index in [1.165, 1.54) is 128 Å². The number of esters is 1. The minimum Gasteiger partial charge on any atom is -0.454 e. The lowest BCUT2D eigenvalue weighted by atomic mass is 9.99. The molecule has 8 unspecified atom stereocenters. The van der Waals surface area contributed by atoms with Gasteiger partial charge in [-0.2, -0.15) is 0 Å². The lowest BCUT2D eigenvalue weighted by molar-refractivity contribution is -0.305. The van der Waals surface area contributed by atoms with Crippen molar-refractivity contribution in [2.75, 3.05) is 13.2 Å². The molecule has 1 heterocycles. The van der Waals surface area contributed by atoms with Gasteiger partial charge in [0, 0.05) is 6.42 Å². The highest BCUT2D eigenvalue weighted by Crippen LogP contribution is 2.26. The van der Waals surface area contributed by atoms with Crippen molar-refractivity contribution in [1.82, 2.24) is 5.32 Å². The van der Waals surface area contributed by atoms with Gasteiger partial charge in [-0.05, 0) is 116 Å². The third kappa shape index (κ3) is 51.3. The van der Waals surface area contributed by atoms with E-state index < -0.39 is 67.4 Å². The van der Waals surface area contributed by atoms with Crippen LogP contribution in [0.3, 0.4) is 0 Å². The Morgan fingerprint density at radius 3 is 1.24 bits per heavy atom. The van der Waals surface area contributed by atoms with E-state index in [2.05, 4.69) is 135 Å². The molecule has 11 nitrogen and oxygen atoms in total. The van der Waals surface area contributed by atoms with Gasteiger partial charge in [0.25, 0.3) is 0 Å². The van der Waals surface area contributed by atoms with Crippen LogP contribution < -0.4 is 5.32 Å². The van der Waals surface area contributed by atoms with Crippen LogP contribution in [0.1, 0.15) is 297 Å². The summed E-state index contributed by atoms with van der Waals surface area (Å²) in [6, 6.07) is -1.04. The minimum atomic E-state index is -1.63. The summed E-state index contributed by atoms with van der Waals surface area (Å²) in [6.07, 6.45) is 79.4. The number of hydrogen-bond acceptors (Lipinski definition) is 10. The molecule has 0 aromatic heterocycles. The second-order valence-corrected chi connectivity index (χ2v) is 24.6. The van der Waals surface area contributed by atoms with Gasteiger partial charge < -0.3 is 45.1 Å². The van der Waals surface area contributed by atoms with E-state index in [1.54, 1.807) is 6.08 Å². The molecule has 89 heavy (non-hydrogen) atoms. The fourth-order valence-electron chi connectivity index (χ4n) is 10.7. The van der Waals surface area contributed by atoms with Gasteiger partial charge in [-0.1, -0.05) is 296 Å². The smallest absolute Gasteiger partial charge is 0.306 e. The Morgan fingerprint density at radius 2 is 0.809 bits per heavy atom. The van der Waals surface area contributed by atoms with Gasteiger partial charge in [-0.15, -0.1) is 0 Å². The van der Waals surface area contributed by atoms with Gasteiger partial charge in [0.15, 0.2) is 12.4 Å². The molecule has 1 aliphatic heterocycles. The fraction of sp³-hybridized carbons (Fsp3) is 0.718. The zero-order valence-corrected chi connectivity index (χ0v) is 56.8. The second-order valence-electron chi connectivity index (χ2n) is 24.6. The van der Waals surface area contributed by atoms with E-state index in [0.29, 0.717) is 12.8 Å². The van der Waals surface area contributed by atoms with Crippen molar-refractivity contribution in [3.63, 3.8) is 0 Å². The number of allylic oxidation sites excluding steroid dienone is 19. The molecule has 1 saturated heterocycles. The summed E-state index contributed by atoms with van der Waals surface area (Å²) in [7, 11) is 0. The summed E-state index contributed by atoms with van der Waals surface area (Å²) >= 11 is 0. The number of ether oxygens (including phenoxy) is 3. The molecule has 0 saturated carbocycles. The van der Waals surface area contributed by atoms with Crippen LogP contribution in [0.2, 0.25) is 0 Å². The average molecular weight is 1240 g/mol. The maximum absolute atomic E-state index is 13.5. The highest BCUT2D eigenvalue weighted by atomic mass is 16.7. The maximum atomic E-state index is 13.5. The monoisotopic (exact) mass is 1240 g/mol. The molecular formula is C78H133NO10. The SMILES string of the molecule is CC/C=C\C/C=C\C/C=C\C/C=C\C/C=C\CCCCCCC(O)C(=O)NC(COC1OC(CO)C(O)C(O)C1OC(=O)CCCCCCCCCCCCC/C=C\C/C=C\C/C=C\C/C=C\CCCCC)C(O)/C=C/CCCCCCCCCCCCC. The molecule has 1 fully saturated rings. The lowest BCUT2D eigenvalue weighted by Crippen LogP contribution is -2.61. The third-order valence-electron chi connectivity index (χ3n) is 16.3. The number of hydrogen-bond donors (Lipinski definition) is 6. The minimum absolute atomic E-state index is 0.111. The molecule has 1 amide bonds. The Hall–Kier alpha value is -3.94. The predicted molar refractivity (Wildman–Crippen MR) is 374 cm³/mol. The Kier molecular flexibility index (Phi) is 59.9. The Balaban J connectivity index is 2.59. The lowest BCUT2D eigenvalue weighted by Gasteiger charge is -2.41. The highest BCUT2D eigenvalue weighted by molar-refractivity contribution is 5.80. The van der Waals surface area contributed by atoms with Crippen LogP contribution in [-0.2, 0) is 23.8 Å². The van der Waals surface area contributed by atoms with Crippen molar-refractivity contribution in [3.8, 4) is 0 Å². The normalized spacial score (nSPS) is 18.9. The second kappa shape index (κ2) is 64.2. The zero-order chi connectivity index (χ0) is 64.6. The van der Waals surface area contributed by atoms with Crippen LogP contribution in [0.4, 0.5) is 0 Å². The van der Waals surface area contributed by atoms with Gasteiger partial charge in [0.2, 0.25) is 5.91 Å². The molecule has 8 atom stereocenters. The van der Waals surface area contributed by atoms with Crippen LogP contribution in [-0.4, -0.2) is 99.6 Å². The molecule has 1 aliphatic rings. The van der Waals surface area contributed by atoms with Crippen LogP contribution in [0.25, 0.3) is 0 Å². The quantitative estimate of drug-likeness (QED) is 0.0195. The summed E-state index contributed by atoms with van der Waals surface area (Å²) in [5, 5.41) is 57.3. The van der Waals surface area contributed by atoms with Gasteiger partial charge in [0.1, 0.15) is 24.4 Å². The Morgan fingerprint density at radius 1 is 0.449 bits per heavy atom. The van der Waals surface area contributed by atoms with Crippen LogP contribution in [0, 0.1) is 0 Å². The molecule has 0 radical (unpaired) electrons. The molecule has 6 N–H and O–H groups in total. The van der Waals surface area contributed by atoms with E-state index in [1.807, 2.05) is 6.08 Å². The van der Waals surface area contributed by atoms with Crippen LogP contribution in [0.15, 0.2) is 122 Å². The van der Waals surface area contributed by atoms with Crippen molar-refractivity contribution < 1.29 is 49.3 Å². The van der Waals surface area contributed by atoms with E-state index in [-0.39, 0.29) is 19.4 Å². The molecule has 0 aromatic carbocycles.